The fourth-order valence-electron chi connectivity index (χ4n) is 1.96. The van der Waals surface area contributed by atoms with Crippen molar-refractivity contribution >= 4 is 11.6 Å². The number of hydrogen-bond acceptors (Lipinski definition) is 3. The van der Waals surface area contributed by atoms with Gasteiger partial charge in [-0.2, -0.15) is 0 Å². The second-order valence-corrected chi connectivity index (χ2v) is 4.22. The molecule has 0 aliphatic rings. The van der Waals surface area contributed by atoms with Gasteiger partial charge in [0.05, 0.1) is 7.11 Å². The van der Waals surface area contributed by atoms with Gasteiger partial charge >= 0.3 is 0 Å². The molecule has 1 aromatic rings. The normalized spacial score (nSPS) is 10.2. The fourth-order valence-corrected chi connectivity index (χ4v) is 1.96. The average Bonchev–Trinajstić information content (AvgIpc) is 2.37. The minimum atomic E-state index is -0.0475. The lowest BCUT2D eigenvalue weighted by atomic mass is 10.1. The Morgan fingerprint density at radius 1 is 1.28 bits per heavy atom. The van der Waals surface area contributed by atoms with Crippen molar-refractivity contribution in [3.8, 4) is 5.75 Å². The summed E-state index contributed by atoms with van der Waals surface area (Å²) in [5.41, 5.74) is 6.84. The number of ether oxygens (including phenoxy) is 1. The van der Waals surface area contributed by atoms with Crippen molar-refractivity contribution in [1.29, 1.82) is 0 Å². The van der Waals surface area contributed by atoms with Crippen LogP contribution in [0.3, 0.4) is 0 Å². The molecule has 4 heteroatoms. The van der Waals surface area contributed by atoms with Gasteiger partial charge in [0.1, 0.15) is 11.3 Å². The summed E-state index contributed by atoms with van der Waals surface area (Å²) in [7, 11) is 1.55. The summed E-state index contributed by atoms with van der Waals surface area (Å²) in [6, 6.07) is 5.28. The summed E-state index contributed by atoms with van der Waals surface area (Å²) < 4.78 is 5.23. The topological polar surface area (TPSA) is 55.6 Å². The number of methoxy groups -OCH3 is 1. The van der Waals surface area contributed by atoms with Crippen molar-refractivity contribution in [2.24, 2.45) is 0 Å². The standard InChI is InChI=1S/C14H22N2O2/c1-4-9-16(10-5-2)14(17)13-11(15)7-6-8-12(13)18-3/h6-8H,4-5,9-10,15H2,1-3H3. The van der Waals surface area contributed by atoms with Crippen LogP contribution in [0.15, 0.2) is 18.2 Å². The van der Waals surface area contributed by atoms with Gasteiger partial charge in [0.2, 0.25) is 0 Å². The highest BCUT2D eigenvalue weighted by molar-refractivity contribution is 6.01. The van der Waals surface area contributed by atoms with E-state index >= 15 is 0 Å². The van der Waals surface area contributed by atoms with Gasteiger partial charge in [-0.3, -0.25) is 4.79 Å². The minimum absolute atomic E-state index is 0.0475. The van der Waals surface area contributed by atoms with Crippen molar-refractivity contribution < 1.29 is 9.53 Å². The van der Waals surface area contributed by atoms with Gasteiger partial charge in [0.25, 0.3) is 5.91 Å². The zero-order chi connectivity index (χ0) is 13.5. The quantitative estimate of drug-likeness (QED) is 0.789. The zero-order valence-corrected chi connectivity index (χ0v) is 11.4. The maximum atomic E-state index is 12.5. The van der Waals surface area contributed by atoms with Gasteiger partial charge in [0.15, 0.2) is 0 Å². The summed E-state index contributed by atoms with van der Waals surface area (Å²) in [5, 5.41) is 0. The Kier molecular flexibility index (Phi) is 5.49. The molecular formula is C14H22N2O2. The first-order valence-corrected chi connectivity index (χ1v) is 6.37. The number of rotatable bonds is 6. The molecule has 1 amide bonds. The van der Waals surface area contributed by atoms with Gasteiger partial charge in [-0.05, 0) is 25.0 Å². The molecule has 0 spiro atoms. The molecule has 1 rings (SSSR count). The summed E-state index contributed by atoms with van der Waals surface area (Å²) in [6.45, 7) is 5.59. The predicted molar refractivity (Wildman–Crippen MR) is 73.9 cm³/mol. The van der Waals surface area contributed by atoms with Gasteiger partial charge in [0, 0.05) is 18.8 Å². The first-order valence-electron chi connectivity index (χ1n) is 6.37. The molecule has 1 aromatic carbocycles. The number of benzene rings is 1. The number of nitrogen functional groups attached to an aromatic ring is 1. The Morgan fingerprint density at radius 2 is 1.89 bits per heavy atom. The number of nitrogens with zero attached hydrogens (tertiary/aromatic N) is 1. The molecule has 0 aliphatic carbocycles. The molecule has 4 nitrogen and oxygen atoms in total. The molecule has 100 valence electrons. The van der Waals surface area contributed by atoms with Crippen LogP contribution in [0.2, 0.25) is 0 Å². The molecule has 0 saturated heterocycles. The van der Waals surface area contributed by atoms with Crippen LogP contribution in [0.5, 0.6) is 5.75 Å². The third kappa shape index (κ3) is 3.15. The fraction of sp³-hybridized carbons (Fsp3) is 0.500. The second kappa shape index (κ2) is 6.89. The molecule has 0 atom stereocenters. The molecule has 0 unspecified atom stereocenters. The summed E-state index contributed by atoms with van der Waals surface area (Å²) in [5.74, 6) is 0.492. The van der Waals surface area contributed by atoms with Crippen molar-refractivity contribution in [3.05, 3.63) is 23.8 Å². The van der Waals surface area contributed by atoms with E-state index < -0.39 is 0 Å². The van der Waals surface area contributed by atoms with E-state index in [0.717, 1.165) is 25.9 Å². The van der Waals surface area contributed by atoms with Crippen molar-refractivity contribution in [2.75, 3.05) is 25.9 Å². The Hall–Kier alpha value is -1.71. The number of hydrogen-bond donors (Lipinski definition) is 1. The van der Waals surface area contributed by atoms with Crippen LogP contribution < -0.4 is 10.5 Å². The van der Waals surface area contributed by atoms with Crippen LogP contribution >= 0.6 is 0 Å². The summed E-state index contributed by atoms with van der Waals surface area (Å²) in [6.07, 6.45) is 1.86. The number of anilines is 1. The summed E-state index contributed by atoms with van der Waals surface area (Å²) >= 11 is 0. The molecule has 0 bridgehead atoms. The summed E-state index contributed by atoms with van der Waals surface area (Å²) in [4.78, 5) is 14.3. The van der Waals surface area contributed by atoms with Crippen molar-refractivity contribution in [2.45, 2.75) is 26.7 Å². The lowest BCUT2D eigenvalue weighted by Crippen LogP contribution is -2.33. The van der Waals surface area contributed by atoms with Crippen LogP contribution in [0.4, 0.5) is 5.69 Å². The van der Waals surface area contributed by atoms with Crippen LogP contribution in [0, 0.1) is 0 Å². The van der Waals surface area contributed by atoms with Crippen molar-refractivity contribution in [1.82, 2.24) is 4.90 Å². The molecule has 2 N–H and O–H groups in total. The van der Waals surface area contributed by atoms with E-state index in [4.69, 9.17) is 10.5 Å². The second-order valence-electron chi connectivity index (χ2n) is 4.22. The Bertz CT molecular complexity index is 399. The number of carbonyl (C=O) groups is 1. The highest BCUT2D eigenvalue weighted by atomic mass is 16.5. The third-order valence-electron chi connectivity index (χ3n) is 2.77. The van der Waals surface area contributed by atoms with E-state index in [2.05, 4.69) is 13.8 Å². The van der Waals surface area contributed by atoms with E-state index in [1.807, 2.05) is 4.90 Å². The third-order valence-corrected chi connectivity index (χ3v) is 2.77. The van der Waals surface area contributed by atoms with Crippen LogP contribution in [-0.4, -0.2) is 31.0 Å². The van der Waals surface area contributed by atoms with E-state index in [0.29, 0.717) is 17.0 Å². The lowest BCUT2D eigenvalue weighted by Gasteiger charge is -2.23. The number of carbonyl (C=O) groups excluding carboxylic acids is 1. The monoisotopic (exact) mass is 250 g/mol. The van der Waals surface area contributed by atoms with Gasteiger partial charge in [-0.1, -0.05) is 19.9 Å². The largest absolute Gasteiger partial charge is 0.496 e. The van der Waals surface area contributed by atoms with E-state index in [1.165, 1.54) is 0 Å². The lowest BCUT2D eigenvalue weighted by molar-refractivity contribution is 0.0753. The van der Waals surface area contributed by atoms with Crippen LogP contribution in [0.1, 0.15) is 37.0 Å². The maximum Gasteiger partial charge on any atom is 0.259 e. The number of amides is 1. The van der Waals surface area contributed by atoms with Crippen LogP contribution in [0.25, 0.3) is 0 Å². The molecular weight excluding hydrogens is 228 g/mol. The Balaban J connectivity index is 3.07. The van der Waals surface area contributed by atoms with E-state index in [-0.39, 0.29) is 5.91 Å². The Labute approximate surface area is 109 Å². The molecule has 0 radical (unpaired) electrons. The molecule has 0 aromatic heterocycles. The minimum Gasteiger partial charge on any atom is -0.496 e. The first-order chi connectivity index (χ1) is 8.65. The molecule has 18 heavy (non-hydrogen) atoms. The molecule has 0 aliphatic heterocycles. The molecule has 0 fully saturated rings. The zero-order valence-electron chi connectivity index (χ0n) is 11.4. The first kappa shape index (κ1) is 14.4. The van der Waals surface area contributed by atoms with Crippen molar-refractivity contribution in [3.63, 3.8) is 0 Å². The SMILES string of the molecule is CCCN(CCC)C(=O)c1c(N)cccc1OC. The van der Waals surface area contributed by atoms with Crippen LogP contribution in [-0.2, 0) is 0 Å². The van der Waals surface area contributed by atoms with Gasteiger partial charge in [-0.25, -0.2) is 0 Å². The van der Waals surface area contributed by atoms with Gasteiger partial charge in [-0.15, -0.1) is 0 Å². The molecule has 0 saturated carbocycles. The average molecular weight is 250 g/mol. The maximum absolute atomic E-state index is 12.5. The highest BCUT2D eigenvalue weighted by Gasteiger charge is 2.20. The smallest absolute Gasteiger partial charge is 0.259 e. The predicted octanol–water partition coefficient (Wildman–Crippen LogP) is 2.54. The van der Waals surface area contributed by atoms with E-state index in [1.54, 1.807) is 25.3 Å². The van der Waals surface area contributed by atoms with E-state index in [9.17, 15) is 4.79 Å². The number of nitrogens with two attached hydrogens (primary N) is 1. The Morgan fingerprint density at radius 3 is 2.39 bits per heavy atom. The molecule has 0 heterocycles. The van der Waals surface area contributed by atoms with Gasteiger partial charge < -0.3 is 15.4 Å². The highest BCUT2D eigenvalue weighted by Crippen LogP contribution is 2.25.